The summed E-state index contributed by atoms with van der Waals surface area (Å²) in [5.74, 6) is 0. The predicted octanol–water partition coefficient (Wildman–Crippen LogP) is 2.23. The van der Waals surface area contributed by atoms with Crippen LogP contribution in [0.5, 0.6) is 0 Å². The molecule has 3 aromatic rings. The molecule has 0 N–H and O–H groups in total. The van der Waals surface area contributed by atoms with Gasteiger partial charge in [-0.15, -0.1) is 5.10 Å². The molecule has 1 heterocycles. The molecule has 1 aromatic heterocycles. The SMILES string of the molecule is O=Cc1cn(-c2ccc3ccccc3c2)nn1. The zero-order chi connectivity index (χ0) is 11.7. The van der Waals surface area contributed by atoms with E-state index in [-0.39, 0.29) is 0 Å². The molecule has 2 aromatic carbocycles. The van der Waals surface area contributed by atoms with Crippen molar-refractivity contribution in [1.82, 2.24) is 15.0 Å². The Morgan fingerprint density at radius 1 is 1.06 bits per heavy atom. The monoisotopic (exact) mass is 223 g/mol. The summed E-state index contributed by atoms with van der Waals surface area (Å²) in [6, 6.07) is 14.1. The molecular weight excluding hydrogens is 214 g/mol. The Balaban J connectivity index is 2.14. The summed E-state index contributed by atoms with van der Waals surface area (Å²) in [4.78, 5) is 10.5. The number of hydrogen-bond acceptors (Lipinski definition) is 3. The number of rotatable bonds is 2. The molecular formula is C13H9N3O. The Labute approximate surface area is 97.5 Å². The van der Waals surface area contributed by atoms with Gasteiger partial charge in [-0.3, -0.25) is 4.79 Å². The number of aromatic nitrogens is 3. The van der Waals surface area contributed by atoms with E-state index in [1.54, 1.807) is 10.9 Å². The lowest BCUT2D eigenvalue weighted by Crippen LogP contribution is -1.94. The van der Waals surface area contributed by atoms with Gasteiger partial charge in [-0.05, 0) is 22.9 Å². The lowest BCUT2D eigenvalue weighted by atomic mass is 10.1. The summed E-state index contributed by atoms with van der Waals surface area (Å²) in [7, 11) is 0. The summed E-state index contributed by atoms with van der Waals surface area (Å²) in [6.45, 7) is 0. The van der Waals surface area contributed by atoms with Gasteiger partial charge in [0, 0.05) is 0 Å². The third-order valence-electron chi connectivity index (χ3n) is 2.63. The van der Waals surface area contributed by atoms with Crippen molar-refractivity contribution in [3.8, 4) is 5.69 Å². The second-order valence-electron chi connectivity index (χ2n) is 3.74. The molecule has 0 aliphatic carbocycles. The Hall–Kier alpha value is -2.49. The summed E-state index contributed by atoms with van der Waals surface area (Å²) < 4.78 is 1.59. The van der Waals surface area contributed by atoms with Gasteiger partial charge >= 0.3 is 0 Å². The van der Waals surface area contributed by atoms with Crippen molar-refractivity contribution in [2.75, 3.05) is 0 Å². The van der Waals surface area contributed by atoms with Crippen LogP contribution < -0.4 is 0 Å². The Morgan fingerprint density at radius 3 is 2.65 bits per heavy atom. The molecule has 17 heavy (non-hydrogen) atoms. The molecule has 82 valence electrons. The topological polar surface area (TPSA) is 47.8 Å². The van der Waals surface area contributed by atoms with Crippen LogP contribution in [0.25, 0.3) is 16.5 Å². The fraction of sp³-hybridized carbons (Fsp3) is 0. The van der Waals surface area contributed by atoms with E-state index in [9.17, 15) is 4.79 Å². The van der Waals surface area contributed by atoms with Crippen molar-refractivity contribution in [2.24, 2.45) is 0 Å². The number of fused-ring (bicyclic) bond motifs is 1. The maximum Gasteiger partial charge on any atom is 0.171 e. The lowest BCUT2D eigenvalue weighted by molar-refractivity contribution is 0.111. The van der Waals surface area contributed by atoms with E-state index in [1.807, 2.05) is 36.4 Å². The van der Waals surface area contributed by atoms with Crippen LogP contribution in [0, 0.1) is 0 Å². The van der Waals surface area contributed by atoms with Gasteiger partial charge in [-0.1, -0.05) is 35.5 Å². The van der Waals surface area contributed by atoms with Crippen molar-refractivity contribution in [3.05, 3.63) is 54.4 Å². The Bertz CT molecular complexity index is 688. The highest BCUT2D eigenvalue weighted by Gasteiger charge is 2.02. The number of aldehydes is 1. The van der Waals surface area contributed by atoms with Crippen molar-refractivity contribution >= 4 is 17.1 Å². The van der Waals surface area contributed by atoms with E-state index in [0.717, 1.165) is 11.1 Å². The van der Waals surface area contributed by atoms with E-state index in [2.05, 4.69) is 16.4 Å². The van der Waals surface area contributed by atoms with Gasteiger partial charge in [0.2, 0.25) is 0 Å². The molecule has 0 atom stereocenters. The molecule has 0 bridgehead atoms. The van der Waals surface area contributed by atoms with Gasteiger partial charge in [-0.2, -0.15) is 0 Å². The molecule has 0 aliphatic rings. The van der Waals surface area contributed by atoms with E-state index in [4.69, 9.17) is 0 Å². The quantitative estimate of drug-likeness (QED) is 0.626. The molecule has 4 nitrogen and oxygen atoms in total. The van der Waals surface area contributed by atoms with Crippen LogP contribution in [0.3, 0.4) is 0 Å². The van der Waals surface area contributed by atoms with Crippen molar-refractivity contribution < 1.29 is 4.79 Å². The summed E-state index contributed by atoms with van der Waals surface area (Å²) in [6.07, 6.45) is 2.29. The third-order valence-corrected chi connectivity index (χ3v) is 2.63. The number of carbonyl (C=O) groups excluding carboxylic acids is 1. The standard InChI is InChI=1S/C13H9N3O/c17-9-12-8-16(15-14-12)13-6-5-10-3-1-2-4-11(10)7-13/h1-9H. The molecule has 0 radical (unpaired) electrons. The van der Waals surface area contributed by atoms with E-state index < -0.39 is 0 Å². The zero-order valence-corrected chi connectivity index (χ0v) is 8.95. The highest BCUT2D eigenvalue weighted by molar-refractivity contribution is 5.84. The van der Waals surface area contributed by atoms with Gasteiger partial charge in [0.25, 0.3) is 0 Å². The first-order valence-electron chi connectivity index (χ1n) is 5.23. The van der Waals surface area contributed by atoms with Crippen molar-refractivity contribution in [2.45, 2.75) is 0 Å². The fourth-order valence-electron chi connectivity index (χ4n) is 1.78. The largest absolute Gasteiger partial charge is 0.296 e. The minimum atomic E-state index is 0.332. The highest BCUT2D eigenvalue weighted by Crippen LogP contribution is 2.17. The Kier molecular flexibility index (Phi) is 2.19. The molecule has 0 unspecified atom stereocenters. The van der Waals surface area contributed by atoms with E-state index in [1.165, 1.54) is 5.39 Å². The first-order valence-corrected chi connectivity index (χ1v) is 5.23. The summed E-state index contributed by atoms with van der Waals surface area (Å²) in [5.41, 5.74) is 1.22. The number of nitrogens with zero attached hydrogens (tertiary/aromatic N) is 3. The second-order valence-corrected chi connectivity index (χ2v) is 3.74. The molecule has 0 fully saturated rings. The van der Waals surface area contributed by atoms with Crippen LogP contribution in [-0.2, 0) is 0 Å². The average molecular weight is 223 g/mol. The van der Waals surface area contributed by atoms with E-state index in [0.29, 0.717) is 12.0 Å². The van der Waals surface area contributed by atoms with Gasteiger partial charge in [0.15, 0.2) is 6.29 Å². The maximum absolute atomic E-state index is 10.5. The van der Waals surface area contributed by atoms with Gasteiger partial charge < -0.3 is 0 Å². The van der Waals surface area contributed by atoms with Gasteiger partial charge in [-0.25, -0.2) is 4.68 Å². The third kappa shape index (κ3) is 1.69. The molecule has 0 spiro atoms. The van der Waals surface area contributed by atoms with Crippen LogP contribution in [0.1, 0.15) is 10.5 Å². The van der Waals surface area contributed by atoms with Gasteiger partial charge in [0.05, 0.1) is 11.9 Å². The second kappa shape index (κ2) is 3.83. The normalized spacial score (nSPS) is 10.6. The van der Waals surface area contributed by atoms with E-state index >= 15 is 0 Å². The first-order chi connectivity index (χ1) is 8.36. The molecule has 3 rings (SSSR count). The van der Waals surface area contributed by atoms with Crippen LogP contribution in [-0.4, -0.2) is 21.3 Å². The average Bonchev–Trinajstić information content (AvgIpc) is 2.87. The molecule has 0 amide bonds. The summed E-state index contributed by atoms with van der Waals surface area (Å²) in [5, 5.41) is 9.94. The van der Waals surface area contributed by atoms with Crippen LogP contribution >= 0.6 is 0 Å². The Morgan fingerprint density at radius 2 is 1.88 bits per heavy atom. The minimum Gasteiger partial charge on any atom is -0.296 e. The maximum atomic E-state index is 10.5. The van der Waals surface area contributed by atoms with Crippen LogP contribution in [0.15, 0.2) is 48.7 Å². The number of benzene rings is 2. The predicted molar refractivity (Wildman–Crippen MR) is 64.3 cm³/mol. The smallest absolute Gasteiger partial charge is 0.171 e. The van der Waals surface area contributed by atoms with Crippen LogP contribution in [0.2, 0.25) is 0 Å². The number of carbonyl (C=O) groups is 1. The summed E-state index contributed by atoms with van der Waals surface area (Å²) >= 11 is 0. The molecule has 0 aliphatic heterocycles. The molecule has 0 saturated heterocycles. The minimum absolute atomic E-state index is 0.332. The van der Waals surface area contributed by atoms with Gasteiger partial charge in [0.1, 0.15) is 5.69 Å². The molecule has 4 heteroatoms. The van der Waals surface area contributed by atoms with Crippen molar-refractivity contribution in [3.63, 3.8) is 0 Å². The van der Waals surface area contributed by atoms with Crippen molar-refractivity contribution in [1.29, 1.82) is 0 Å². The lowest BCUT2D eigenvalue weighted by Gasteiger charge is -2.02. The fourth-order valence-corrected chi connectivity index (χ4v) is 1.78. The number of hydrogen-bond donors (Lipinski definition) is 0. The zero-order valence-electron chi connectivity index (χ0n) is 8.95. The molecule has 0 saturated carbocycles. The highest BCUT2D eigenvalue weighted by atomic mass is 16.1. The van der Waals surface area contributed by atoms with Crippen LogP contribution in [0.4, 0.5) is 0 Å². The first kappa shape index (κ1) is 9.72.